The molecule has 1 heterocycles. The van der Waals surface area contributed by atoms with Crippen molar-refractivity contribution in [2.24, 2.45) is 0 Å². The number of hydrogen-bond donors (Lipinski definition) is 3. The van der Waals surface area contributed by atoms with Crippen molar-refractivity contribution < 1.29 is 24.2 Å². The number of aromatic nitrogens is 2. The van der Waals surface area contributed by atoms with Crippen molar-refractivity contribution in [3.05, 3.63) is 66.0 Å². The van der Waals surface area contributed by atoms with Crippen LogP contribution >= 0.6 is 0 Å². The average molecular weight is 381 g/mol. The fraction of sp³-hybridized carbons (Fsp3) is 0.150. The highest BCUT2D eigenvalue weighted by Gasteiger charge is 2.13. The van der Waals surface area contributed by atoms with Crippen LogP contribution in [-0.2, 0) is 16.1 Å². The van der Waals surface area contributed by atoms with Gasteiger partial charge >= 0.3 is 12.1 Å². The van der Waals surface area contributed by atoms with Crippen LogP contribution in [0, 0.1) is 6.92 Å². The van der Waals surface area contributed by atoms with Gasteiger partial charge in [0.15, 0.2) is 6.61 Å². The monoisotopic (exact) mass is 381 g/mol. The Balaban J connectivity index is 1.71. The Kier molecular flexibility index (Phi) is 5.91. The second-order valence-electron chi connectivity index (χ2n) is 6.07. The SMILES string of the molecule is Cc1cccc(COC(=O)Nc2ccc(-c3cn[nH]c3)cc2OCC(=O)O)c1. The fourth-order valence-electron chi connectivity index (χ4n) is 2.57. The molecular formula is C20H19N3O5. The van der Waals surface area contributed by atoms with E-state index >= 15 is 0 Å². The minimum absolute atomic E-state index is 0.117. The van der Waals surface area contributed by atoms with Gasteiger partial charge in [0.05, 0.1) is 11.9 Å². The maximum absolute atomic E-state index is 12.2. The number of ether oxygens (including phenoxy) is 2. The van der Waals surface area contributed by atoms with E-state index in [2.05, 4.69) is 15.5 Å². The smallest absolute Gasteiger partial charge is 0.412 e. The van der Waals surface area contributed by atoms with Gasteiger partial charge < -0.3 is 14.6 Å². The molecule has 8 heteroatoms. The predicted molar refractivity (Wildman–Crippen MR) is 102 cm³/mol. The zero-order valence-corrected chi connectivity index (χ0v) is 15.1. The molecule has 0 fully saturated rings. The molecule has 3 rings (SSSR count). The number of carboxylic acids is 1. The van der Waals surface area contributed by atoms with Crippen LogP contribution in [0.4, 0.5) is 10.5 Å². The standard InChI is InChI=1S/C20H19N3O5/c1-13-3-2-4-14(7-13)11-28-20(26)23-17-6-5-15(16-9-21-22-10-16)8-18(17)27-12-19(24)25/h2-10H,11-12H2,1H3,(H,21,22)(H,23,26)(H,24,25). The van der Waals surface area contributed by atoms with Crippen molar-refractivity contribution in [2.75, 3.05) is 11.9 Å². The molecule has 0 radical (unpaired) electrons. The quantitative estimate of drug-likeness (QED) is 0.576. The lowest BCUT2D eigenvalue weighted by Gasteiger charge is -2.13. The summed E-state index contributed by atoms with van der Waals surface area (Å²) in [6, 6.07) is 12.6. The number of carboxylic acid groups (broad SMARTS) is 1. The third-order valence-electron chi connectivity index (χ3n) is 3.85. The number of carbonyl (C=O) groups excluding carboxylic acids is 1. The Bertz CT molecular complexity index is 970. The Morgan fingerprint density at radius 3 is 2.75 bits per heavy atom. The van der Waals surface area contributed by atoms with E-state index in [1.165, 1.54) is 0 Å². The lowest BCUT2D eigenvalue weighted by atomic mass is 10.1. The molecule has 8 nitrogen and oxygen atoms in total. The molecule has 0 aliphatic carbocycles. The van der Waals surface area contributed by atoms with E-state index in [4.69, 9.17) is 14.6 Å². The highest BCUT2D eigenvalue weighted by atomic mass is 16.5. The molecule has 0 spiro atoms. The second kappa shape index (κ2) is 8.72. The molecule has 0 aliphatic heterocycles. The maximum Gasteiger partial charge on any atom is 0.412 e. The summed E-state index contributed by atoms with van der Waals surface area (Å²) in [5, 5.41) is 18.1. The molecule has 0 bridgehead atoms. The first-order valence-electron chi connectivity index (χ1n) is 8.48. The van der Waals surface area contributed by atoms with Crippen LogP contribution in [0.25, 0.3) is 11.1 Å². The molecule has 0 unspecified atom stereocenters. The lowest BCUT2D eigenvalue weighted by molar-refractivity contribution is -0.139. The van der Waals surface area contributed by atoms with Gasteiger partial charge in [-0.2, -0.15) is 5.10 Å². The van der Waals surface area contributed by atoms with E-state index in [9.17, 15) is 9.59 Å². The summed E-state index contributed by atoms with van der Waals surface area (Å²) in [4.78, 5) is 23.0. The first-order chi connectivity index (χ1) is 13.5. The summed E-state index contributed by atoms with van der Waals surface area (Å²) >= 11 is 0. The number of nitrogens with one attached hydrogen (secondary N) is 2. The molecule has 0 aliphatic rings. The van der Waals surface area contributed by atoms with Gasteiger partial charge in [0.25, 0.3) is 0 Å². The van der Waals surface area contributed by atoms with Crippen LogP contribution in [0.15, 0.2) is 54.9 Å². The summed E-state index contributed by atoms with van der Waals surface area (Å²) < 4.78 is 10.5. The first kappa shape index (κ1) is 19.0. The number of anilines is 1. The molecule has 1 amide bonds. The van der Waals surface area contributed by atoms with Crippen molar-refractivity contribution in [1.29, 1.82) is 0 Å². The minimum Gasteiger partial charge on any atom is -0.480 e. The second-order valence-corrected chi connectivity index (χ2v) is 6.07. The van der Waals surface area contributed by atoms with Crippen LogP contribution in [0.3, 0.4) is 0 Å². The van der Waals surface area contributed by atoms with Crippen molar-refractivity contribution in [2.45, 2.75) is 13.5 Å². The van der Waals surface area contributed by atoms with Gasteiger partial charge in [0, 0.05) is 11.8 Å². The van der Waals surface area contributed by atoms with Crippen LogP contribution in [0.1, 0.15) is 11.1 Å². The van der Waals surface area contributed by atoms with Gasteiger partial charge in [-0.15, -0.1) is 0 Å². The van der Waals surface area contributed by atoms with Gasteiger partial charge in [-0.3, -0.25) is 10.4 Å². The van der Waals surface area contributed by atoms with E-state index < -0.39 is 18.7 Å². The topological polar surface area (TPSA) is 114 Å². The predicted octanol–water partition coefficient (Wildman–Crippen LogP) is 3.60. The van der Waals surface area contributed by atoms with Gasteiger partial charge in [-0.25, -0.2) is 9.59 Å². The van der Waals surface area contributed by atoms with Gasteiger partial charge in [-0.05, 0) is 30.2 Å². The van der Waals surface area contributed by atoms with Gasteiger partial charge in [-0.1, -0.05) is 35.9 Å². The lowest BCUT2D eigenvalue weighted by Crippen LogP contribution is -2.16. The number of aliphatic carboxylic acids is 1. The van der Waals surface area contributed by atoms with Crippen LogP contribution in [0.5, 0.6) is 5.75 Å². The summed E-state index contributed by atoms with van der Waals surface area (Å²) in [5.74, 6) is -0.907. The third-order valence-corrected chi connectivity index (χ3v) is 3.85. The Hall–Kier alpha value is -3.81. The first-order valence-corrected chi connectivity index (χ1v) is 8.48. The molecule has 144 valence electrons. The van der Waals surface area contributed by atoms with Crippen LogP contribution < -0.4 is 10.1 Å². The van der Waals surface area contributed by atoms with Gasteiger partial charge in [0.2, 0.25) is 0 Å². The number of aryl methyl sites for hydroxylation is 1. The van der Waals surface area contributed by atoms with Crippen molar-refractivity contribution in [3.8, 4) is 16.9 Å². The zero-order valence-electron chi connectivity index (χ0n) is 15.1. The number of benzene rings is 2. The van der Waals surface area contributed by atoms with Crippen molar-refractivity contribution in [1.82, 2.24) is 10.2 Å². The molecule has 1 aromatic heterocycles. The minimum atomic E-state index is -1.12. The molecule has 28 heavy (non-hydrogen) atoms. The normalized spacial score (nSPS) is 10.3. The molecule has 0 saturated heterocycles. The maximum atomic E-state index is 12.2. The van der Waals surface area contributed by atoms with Gasteiger partial charge in [0.1, 0.15) is 12.4 Å². The molecule has 0 atom stereocenters. The highest BCUT2D eigenvalue weighted by Crippen LogP contribution is 2.31. The van der Waals surface area contributed by atoms with E-state index in [-0.39, 0.29) is 12.4 Å². The number of H-pyrrole nitrogens is 1. The summed E-state index contributed by atoms with van der Waals surface area (Å²) in [6.07, 6.45) is 2.65. The van der Waals surface area contributed by atoms with Crippen LogP contribution in [-0.4, -0.2) is 34.0 Å². The molecule has 3 N–H and O–H groups in total. The summed E-state index contributed by atoms with van der Waals surface area (Å²) in [7, 11) is 0. The van der Waals surface area contributed by atoms with E-state index in [1.807, 2.05) is 31.2 Å². The summed E-state index contributed by atoms with van der Waals surface area (Å²) in [6.45, 7) is 1.53. The van der Waals surface area contributed by atoms with E-state index in [1.54, 1.807) is 30.6 Å². The largest absolute Gasteiger partial charge is 0.480 e. The molecule has 2 aromatic carbocycles. The Morgan fingerprint density at radius 1 is 1.18 bits per heavy atom. The Morgan fingerprint density at radius 2 is 2.04 bits per heavy atom. The average Bonchev–Trinajstić information content (AvgIpc) is 3.20. The number of aromatic amines is 1. The number of carbonyl (C=O) groups is 2. The molecule has 3 aromatic rings. The zero-order chi connectivity index (χ0) is 19.9. The fourth-order valence-corrected chi connectivity index (χ4v) is 2.57. The van der Waals surface area contributed by atoms with E-state index in [0.717, 1.165) is 22.3 Å². The number of nitrogens with zero attached hydrogens (tertiary/aromatic N) is 1. The van der Waals surface area contributed by atoms with Crippen molar-refractivity contribution in [3.63, 3.8) is 0 Å². The number of amides is 1. The number of hydrogen-bond acceptors (Lipinski definition) is 5. The highest BCUT2D eigenvalue weighted by molar-refractivity contribution is 5.88. The van der Waals surface area contributed by atoms with Crippen LogP contribution in [0.2, 0.25) is 0 Å². The van der Waals surface area contributed by atoms with Crippen molar-refractivity contribution >= 4 is 17.7 Å². The third kappa shape index (κ3) is 5.10. The van der Waals surface area contributed by atoms with E-state index in [0.29, 0.717) is 5.69 Å². The molecule has 0 saturated carbocycles. The Labute approximate surface area is 161 Å². The summed E-state index contributed by atoms with van der Waals surface area (Å²) in [5.41, 5.74) is 3.80. The molecular weight excluding hydrogens is 362 g/mol. The number of rotatable bonds is 7.